The number of amides is 5. The molecule has 0 saturated carbocycles. The van der Waals surface area contributed by atoms with Gasteiger partial charge in [0.2, 0.25) is 29.5 Å². The number of hydrogen-bond acceptors (Lipinski definition) is 9. The van der Waals surface area contributed by atoms with Crippen LogP contribution in [-0.2, 0) is 44.7 Å². The SMILES string of the molecule is CC[C@H](C)C([C@@H](CC(=O)N1CCC[C@H]1[C@H](OC)[C@@H](C)C(=O)N[C@@H](Cc1ccccc1)C(=O)O)OC)N(C)C(=O)[C@@H](NC(=O)C(C(C)C)N(C)C(=O)[C@@H](NC)[C@@H](C)CC)C(C)C. The summed E-state index contributed by atoms with van der Waals surface area (Å²) in [5.74, 6) is -4.20. The highest BCUT2D eigenvalue weighted by atomic mass is 16.5. The van der Waals surface area contributed by atoms with E-state index in [0.29, 0.717) is 25.8 Å². The van der Waals surface area contributed by atoms with Crippen molar-refractivity contribution >= 4 is 35.5 Å². The average molecular weight is 859 g/mol. The van der Waals surface area contributed by atoms with E-state index in [1.54, 1.807) is 50.0 Å². The van der Waals surface area contributed by atoms with Crippen molar-refractivity contribution in [3.8, 4) is 0 Å². The molecule has 0 aromatic heterocycles. The van der Waals surface area contributed by atoms with Crippen LogP contribution in [0.15, 0.2) is 30.3 Å². The Morgan fingerprint density at radius 1 is 0.803 bits per heavy atom. The molecule has 4 N–H and O–H groups in total. The minimum absolute atomic E-state index is 0.0457. The van der Waals surface area contributed by atoms with E-state index < -0.39 is 72.2 Å². The first-order valence-electron chi connectivity index (χ1n) is 22.1. The Labute approximate surface area is 365 Å². The van der Waals surface area contributed by atoms with Gasteiger partial charge in [0, 0.05) is 41.3 Å². The van der Waals surface area contributed by atoms with Crippen LogP contribution in [0.5, 0.6) is 0 Å². The number of benzene rings is 1. The second-order valence-corrected chi connectivity index (χ2v) is 17.7. The van der Waals surface area contributed by atoms with Gasteiger partial charge in [0.1, 0.15) is 18.1 Å². The van der Waals surface area contributed by atoms with Crippen LogP contribution in [-0.4, -0.2) is 146 Å². The molecule has 1 heterocycles. The topological polar surface area (TPSA) is 187 Å². The number of nitrogens with one attached hydrogen (secondary N) is 3. The molecule has 2 unspecified atom stereocenters. The van der Waals surface area contributed by atoms with E-state index in [1.807, 2.05) is 73.6 Å². The fourth-order valence-corrected chi connectivity index (χ4v) is 8.80. The first-order valence-corrected chi connectivity index (χ1v) is 22.1. The number of likely N-dealkylation sites (N-methyl/N-ethyl adjacent to an activating group) is 3. The van der Waals surface area contributed by atoms with Gasteiger partial charge in [0.25, 0.3) is 0 Å². The molecule has 0 aliphatic carbocycles. The van der Waals surface area contributed by atoms with Crippen molar-refractivity contribution < 1.29 is 43.3 Å². The zero-order valence-electron chi connectivity index (χ0n) is 39.4. The number of nitrogens with zero attached hydrogens (tertiary/aromatic N) is 3. The minimum Gasteiger partial charge on any atom is -0.480 e. The number of aliphatic carboxylic acids is 1. The molecule has 15 heteroatoms. The zero-order valence-corrected chi connectivity index (χ0v) is 39.4. The van der Waals surface area contributed by atoms with Crippen molar-refractivity contribution in [3.05, 3.63) is 35.9 Å². The maximum Gasteiger partial charge on any atom is 0.326 e. The second kappa shape index (κ2) is 25.1. The molecule has 61 heavy (non-hydrogen) atoms. The number of rotatable bonds is 25. The van der Waals surface area contributed by atoms with Crippen molar-refractivity contribution in [1.29, 1.82) is 0 Å². The summed E-state index contributed by atoms with van der Waals surface area (Å²) in [4.78, 5) is 87.1. The van der Waals surface area contributed by atoms with Crippen molar-refractivity contribution in [3.63, 3.8) is 0 Å². The maximum atomic E-state index is 14.5. The highest BCUT2D eigenvalue weighted by molar-refractivity contribution is 5.93. The summed E-state index contributed by atoms with van der Waals surface area (Å²) in [7, 11) is 8.05. The number of carbonyl (C=O) groups excluding carboxylic acids is 5. The largest absolute Gasteiger partial charge is 0.480 e. The fraction of sp³-hybridized carbons (Fsp3) is 0.739. The molecule has 11 atom stereocenters. The molecule has 5 amide bonds. The van der Waals surface area contributed by atoms with Gasteiger partial charge in [-0.15, -0.1) is 0 Å². The van der Waals surface area contributed by atoms with Gasteiger partial charge in [-0.3, -0.25) is 24.0 Å². The van der Waals surface area contributed by atoms with Gasteiger partial charge in [0.15, 0.2) is 0 Å². The standard InChI is InChI=1S/C46H78N6O9/c1-15-29(7)38(47-10)45(57)50(11)39(28(5)6)43(55)49-37(27(3)4)44(56)51(12)40(30(8)16-2)35(60-13)26-36(53)52-24-20-23-34(52)41(61-14)31(9)42(54)48-33(46(58)59)25-32-21-18-17-19-22-32/h17-19,21-22,27-31,33-35,37-41,47H,15-16,20,23-26H2,1-14H3,(H,48,54)(H,49,55)(H,58,59)/t29-,30-,31+,33-,34-,35+,37-,38-,39?,40?,41+/m0/s1. The third kappa shape index (κ3) is 14.0. The lowest BCUT2D eigenvalue weighted by atomic mass is 9.89. The van der Waals surface area contributed by atoms with Gasteiger partial charge in [-0.05, 0) is 49.1 Å². The van der Waals surface area contributed by atoms with Crippen LogP contribution in [0.1, 0.15) is 100.0 Å². The number of hydrogen-bond donors (Lipinski definition) is 4. The predicted octanol–water partition coefficient (Wildman–Crippen LogP) is 3.98. The number of methoxy groups -OCH3 is 2. The van der Waals surface area contributed by atoms with Crippen molar-refractivity contribution in [2.75, 3.05) is 41.9 Å². The van der Waals surface area contributed by atoms with E-state index in [1.165, 1.54) is 19.1 Å². The summed E-state index contributed by atoms with van der Waals surface area (Å²) in [6, 6.07) is 4.69. The van der Waals surface area contributed by atoms with Crippen LogP contribution >= 0.6 is 0 Å². The number of carboxylic acids is 1. The number of carboxylic acid groups (broad SMARTS) is 1. The molecule has 1 aliphatic rings. The summed E-state index contributed by atoms with van der Waals surface area (Å²) in [5.41, 5.74) is 0.773. The van der Waals surface area contributed by atoms with Crippen molar-refractivity contribution in [2.24, 2.45) is 29.6 Å². The number of likely N-dealkylation sites (tertiary alicyclic amines) is 1. The Kier molecular flexibility index (Phi) is 21.9. The van der Waals surface area contributed by atoms with Crippen molar-refractivity contribution in [2.45, 2.75) is 149 Å². The molecule has 1 aromatic rings. The van der Waals surface area contributed by atoms with Gasteiger partial charge >= 0.3 is 5.97 Å². The Balaban J connectivity index is 2.32. The lowest BCUT2D eigenvalue weighted by molar-refractivity contribution is -0.149. The maximum absolute atomic E-state index is 14.5. The highest BCUT2D eigenvalue weighted by Gasteiger charge is 2.44. The molecule has 1 fully saturated rings. The fourth-order valence-electron chi connectivity index (χ4n) is 8.80. The minimum atomic E-state index is -1.15. The molecule has 1 saturated heterocycles. The van der Waals surface area contributed by atoms with Crippen molar-refractivity contribution in [1.82, 2.24) is 30.7 Å². The first-order chi connectivity index (χ1) is 28.7. The van der Waals surface area contributed by atoms with E-state index in [4.69, 9.17) is 9.47 Å². The summed E-state index contributed by atoms with van der Waals surface area (Å²) < 4.78 is 11.9. The first kappa shape index (κ1) is 53.1. The normalized spacial score (nSPS) is 19.1. The molecule has 346 valence electrons. The molecule has 15 nitrogen and oxygen atoms in total. The molecular weight excluding hydrogens is 781 g/mol. The second-order valence-electron chi connectivity index (χ2n) is 17.7. The summed E-state index contributed by atoms with van der Waals surface area (Å²) in [5, 5.41) is 18.7. The molecular formula is C46H78N6O9. The highest BCUT2D eigenvalue weighted by Crippen LogP contribution is 2.30. The Hall–Kier alpha value is -4.08. The molecule has 0 spiro atoms. The van der Waals surface area contributed by atoms with Crippen LogP contribution in [0.2, 0.25) is 0 Å². The van der Waals surface area contributed by atoms with Gasteiger partial charge in [-0.2, -0.15) is 0 Å². The average Bonchev–Trinajstić information content (AvgIpc) is 3.71. The summed E-state index contributed by atoms with van der Waals surface area (Å²) in [6.45, 7) is 17.6. The molecule has 1 aromatic carbocycles. The smallest absolute Gasteiger partial charge is 0.326 e. The molecule has 0 bridgehead atoms. The number of ether oxygens (including phenoxy) is 2. The quantitative estimate of drug-likeness (QED) is 0.112. The molecule has 0 radical (unpaired) electrons. The zero-order chi connectivity index (χ0) is 46.3. The van der Waals surface area contributed by atoms with Gasteiger partial charge < -0.3 is 45.2 Å². The van der Waals surface area contributed by atoms with Crippen LogP contribution in [0.4, 0.5) is 0 Å². The third-order valence-corrected chi connectivity index (χ3v) is 12.8. The third-order valence-electron chi connectivity index (χ3n) is 12.8. The van der Waals surface area contributed by atoms with Crippen LogP contribution in [0.25, 0.3) is 0 Å². The predicted molar refractivity (Wildman–Crippen MR) is 236 cm³/mol. The van der Waals surface area contributed by atoms with E-state index in [-0.39, 0.29) is 54.2 Å². The lowest BCUT2D eigenvalue weighted by Crippen LogP contribution is -2.61. The number of carbonyl (C=O) groups is 6. The molecule has 1 aliphatic heterocycles. The van der Waals surface area contributed by atoms with Gasteiger partial charge in [0.05, 0.1) is 42.7 Å². The van der Waals surface area contributed by atoms with Gasteiger partial charge in [-0.25, -0.2) is 4.79 Å². The Morgan fingerprint density at radius 3 is 1.89 bits per heavy atom. The van der Waals surface area contributed by atoms with E-state index in [2.05, 4.69) is 16.0 Å². The van der Waals surface area contributed by atoms with E-state index >= 15 is 0 Å². The van der Waals surface area contributed by atoms with Crippen LogP contribution < -0.4 is 16.0 Å². The Morgan fingerprint density at radius 2 is 1.39 bits per heavy atom. The van der Waals surface area contributed by atoms with E-state index in [0.717, 1.165) is 12.0 Å². The Bertz CT molecular complexity index is 1580. The molecule has 2 rings (SSSR count). The van der Waals surface area contributed by atoms with E-state index in [9.17, 15) is 33.9 Å². The summed E-state index contributed by atoms with van der Waals surface area (Å²) >= 11 is 0. The lowest BCUT2D eigenvalue weighted by Gasteiger charge is -2.41. The van der Waals surface area contributed by atoms with Crippen LogP contribution in [0, 0.1) is 29.6 Å². The van der Waals surface area contributed by atoms with Crippen LogP contribution in [0.3, 0.4) is 0 Å². The summed E-state index contributed by atoms with van der Waals surface area (Å²) in [6.07, 6.45) is 1.34. The van der Waals surface area contributed by atoms with Gasteiger partial charge in [-0.1, -0.05) is 105 Å². The monoisotopic (exact) mass is 859 g/mol.